The lowest BCUT2D eigenvalue weighted by molar-refractivity contribution is 0.0963. The van der Waals surface area contributed by atoms with E-state index in [-0.39, 0.29) is 30.3 Å². The van der Waals surface area contributed by atoms with Gasteiger partial charge in [-0.3, -0.25) is 4.90 Å². The van der Waals surface area contributed by atoms with Crippen LogP contribution in [-0.4, -0.2) is 42.0 Å². The number of cyclic esters (lactones) is 1. The number of amides is 1. The summed E-state index contributed by atoms with van der Waals surface area (Å²) in [5, 5.41) is 9.02. The van der Waals surface area contributed by atoms with Crippen LogP contribution in [0.2, 0.25) is 0 Å². The second-order valence-corrected chi connectivity index (χ2v) is 6.73. The van der Waals surface area contributed by atoms with Gasteiger partial charge in [0.25, 0.3) is 0 Å². The largest absolute Gasteiger partial charge is 0.441 e. The third-order valence-corrected chi connectivity index (χ3v) is 5.13. The molecule has 0 bridgehead atoms. The average molecular weight is 329 g/mol. The second-order valence-electron chi connectivity index (χ2n) is 5.51. The van der Waals surface area contributed by atoms with Gasteiger partial charge in [-0.15, -0.1) is 0 Å². The maximum absolute atomic E-state index is 14.4. The Morgan fingerprint density at radius 3 is 2.45 bits per heavy atom. The molecule has 2 aliphatic rings. The molecular formula is C15H17F2NO3S. The molecule has 2 heterocycles. The van der Waals surface area contributed by atoms with Crippen molar-refractivity contribution in [3.63, 3.8) is 0 Å². The van der Waals surface area contributed by atoms with Gasteiger partial charge in [-0.05, 0) is 42.4 Å². The number of thioether (sulfide) groups is 1. The summed E-state index contributed by atoms with van der Waals surface area (Å²) in [6.45, 7) is -0.224. The molecule has 1 atom stereocenters. The highest BCUT2D eigenvalue weighted by Crippen LogP contribution is 2.36. The minimum Gasteiger partial charge on any atom is -0.441 e. The number of aliphatic hydroxyl groups excluding tert-OH is 1. The molecule has 0 aromatic heterocycles. The Hall–Kier alpha value is -1.34. The first-order valence-corrected chi connectivity index (χ1v) is 8.41. The number of benzene rings is 1. The number of carbonyl (C=O) groups is 1. The molecule has 2 saturated heterocycles. The topological polar surface area (TPSA) is 49.8 Å². The van der Waals surface area contributed by atoms with Gasteiger partial charge in [0.2, 0.25) is 0 Å². The SMILES string of the molecule is O=C1O[C@@H](CO)CN1c1cc(F)c(C2CCSCC2)c(F)c1. The normalized spacial score (nSPS) is 23.0. The predicted octanol–water partition coefficient (Wildman–Crippen LogP) is 2.89. The van der Waals surface area contributed by atoms with E-state index >= 15 is 0 Å². The van der Waals surface area contributed by atoms with Crippen LogP contribution in [0.25, 0.3) is 0 Å². The van der Waals surface area contributed by atoms with Gasteiger partial charge in [-0.2, -0.15) is 11.8 Å². The molecule has 1 N–H and O–H groups in total. The molecule has 2 fully saturated rings. The maximum atomic E-state index is 14.4. The monoisotopic (exact) mass is 329 g/mol. The van der Waals surface area contributed by atoms with E-state index in [4.69, 9.17) is 9.84 Å². The zero-order chi connectivity index (χ0) is 15.7. The van der Waals surface area contributed by atoms with Crippen molar-refractivity contribution < 1.29 is 23.4 Å². The van der Waals surface area contributed by atoms with Crippen molar-refractivity contribution in [3.8, 4) is 0 Å². The van der Waals surface area contributed by atoms with E-state index in [0.717, 1.165) is 29.2 Å². The fourth-order valence-corrected chi connectivity index (χ4v) is 4.04. The third-order valence-electron chi connectivity index (χ3n) is 4.08. The first kappa shape index (κ1) is 15.6. The number of halogens is 2. The molecule has 0 saturated carbocycles. The van der Waals surface area contributed by atoms with E-state index in [1.165, 1.54) is 12.1 Å². The van der Waals surface area contributed by atoms with E-state index < -0.39 is 23.8 Å². The average Bonchev–Trinajstić information content (AvgIpc) is 2.89. The zero-order valence-corrected chi connectivity index (χ0v) is 12.7. The summed E-state index contributed by atoms with van der Waals surface area (Å²) in [4.78, 5) is 12.8. The van der Waals surface area contributed by atoms with E-state index in [1.54, 1.807) is 11.8 Å². The molecule has 4 nitrogen and oxygen atoms in total. The predicted molar refractivity (Wildman–Crippen MR) is 80.4 cm³/mol. The van der Waals surface area contributed by atoms with Crippen molar-refractivity contribution in [2.75, 3.05) is 29.6 Å². The molecule has 1 amide bonds. The van der Waals surface area contributed by atoms with Crippen molar-refractivity contribution in [3.05, 3.63) is 29.3 Å². The summed E-state index contributed by atoms with van der Waals surface area (Å²) in [7, 11) is 0. The fraction of sp³-hybridized carbons (Fsp3) is 0.533. The molecular weight excluding hydrogens is 312 g/mol. The lowest BCUT2D eigenvalue weighted by Crippen LogP contribution is -2.26. The fourth-order valence-electron chi connectivity index (χ4n) is 2.93. The van der Waals surface area contributed by atoms with Crippen molar-refractivity contribution in [1.82, 2.24) is 0 Å². The van der Waals surface area contributed by atoms with Crippen molar-refractivity contribution in [2.45, 2.75) is 24.9 Å². The van der Waals surface area contributed by atoms with Crippen LogP contribution in [-0.2, 0) is 4.74 Å². The molecule has 1 aromatic rings. The van der Waals surface area contributed by atoms with Crippen LogP contribution in [0, 0.1) is 11.6 Å². The Morgan fingerprint density at radius 1 is 1.27 bits per heavy atom. The minimum absolute atomic E-state index is 0.0909. The Bertz CT molecular complexity index is 555. The number of aliphatic hydroxyl groups is 1. The number of nitrogens with zero attached hydrogens (tertiary/aromatic N) is 1. The highest BCUT2D eigenvalue weighted by molar-refractivity contribution is 7.99. The maximum Gasteiger partial charge on any atom is 0.414 e. The lowest BCUT2D eigenvalue weighted by atomic mass is 9.92. The van der Waals surface area contributed by atoms with Gasteiger partial charge in [0.15, 0.2) is 0 Å². The van der Waals surface area contributed by atoms with Crippen LogP contribution in [0.1, 0.15) is 24.3 Å². The van der Waals surface area contributed by atoms with E-state index in [2.05, 4.69) is 0 Å². The Labute approximate surface area is 131 Å². The third kappa shape index (κ3) is 2.92. The summed E-state index contributed by atoms with van der Waals surface area (Å²) in [5.41, 5.74) is 0.250. The van der Waals surface area contributed by atoms with E-state index in [0.29, 0.717) is 0 Å². The first-order chi connectivity index (χ1) is 10.6. The van der Waals surface area contributed by atoms with Gasteiger partial charge in [0.05, 0.1) is 18.8 Å². The van der Waals surface area contributed by atoms with Crippen LogP contribution in [0.5, 0.6) is 0 Å². The standard InChI is InChI=1S/C15H17F2NO3S/c16-12-5-10(18-7-11(8-19)21-15(18)20)6-13(17)14(12)9-1-3-22-4-2-9/h5-6,9,11,19H,1-4,7-8H2/t11-/m1/s1. The van der Waals surface area contributed by atoms with Crippen LogP contribution >= 0.6 is 11.8 Å². The molecule has 0 aliphatic carbocycles. The van der Waals surface area contributed by atoms with Crippen molar-refractivity contribution >= 4 is 23.5 Å². The van der Waals surface area contributed by atoms with Crippen LogP contribution in [0.4, 0.5) is 19.3 Å². The van der Waals surface area contributed by atoms with Crippen molar-refractivity contribution in [2.24, 2.45) is 0 Å². The van der Waals surface area contributed by atoms with E-state index in [9.17, 15) is 13.6 Å². The summed E-state index contributed by atoms with van der Waals surface area (Å²) in [5.74, 6) is 0.467. The number of carbonyl (C=O) groups excluding carboxylic acids is 1. The molecule has 2 aliphatic heterocycles. The van der Waals surface area contributed by atoms with E-state index in [1.807, 2.05) is 0 Å². The second kappa shape index (κ2) is 6.42. The van der Waals surface area contributed by atoms with Gasteiger partial charge in [-0.1, -0.05) is 0 Å². The number of ether oxygens (including phenoxy) is 1. The molecule has 0 unspecified atom stereocenters. The lowest BCUT2D eigenvalue weighted by Gasteiger charge is -2.23. The summed E-state index contributed by atoms with van der Waals surface area (Å²) < 4.78 is 33.7. The molecule has 22 heavy (non-hydrogen) atoms. The number of hydrogen-bond donors (Lipinski definition) is 1. The number of anilines is 1. The Morgan fingerprint density at radius 2 is 1.91 bits per heavy atom. The van der Waals surface area contributed by atoms with Crippen LogP contribution < -0.4 is 4.90 Å². The number of hydrogen-bond acceptors (Lipinski definition) is 4. The minimum atomic E-state index is -0.695. The van der Waals surface area contributed by atoms with Gasteiger partial charge >= 0.3 is 6.09 Å². The quantitative estimate of drug-likeness (QED) is 0.926. The first-order valence-electron chi connectivity index (χ1n) is 7.26. The van der Waals surface area contributed by atoms with Crippen LogP contribution in [0.3, 0.4) is 0 Å². The molecule has 120 valence electrons. The summed E-state index contributed by atoms with van der Waals surface area (Å²) >= 11 is 1.79. The Balaban J connectivity index is 1.87. The van der Waals surface area contributed by atoms with Gasteiger partial charge in [0, 0.05) is 5.56 Å². The zero-order valence-electron chi connectivity index (χ0n) is 11.9. The number of rotatable bonds is 3. The highest BCUT2D eigenvalue weighted by Gasteiger charge is 2.33. The summed E-state index contributed by atoms with van der Waals surface area (Å²) in [6, 6.07) is 2.36. The smallest absolute Gasteiger partial charge is 0.414 e. The van der Waals surface area contributed by atoms with Gasteiger partial charge in [0.1, 0.15) is 17.7 Å². The molecule has 1 aromatic carbocycles. The molecule has 7 heteroatoms. The molecule has 3 rings (SSSR count). The van der Waals surface area contributed by atoms with Gasteiger partial charge in [-0.25, -0.2) is 13.6 Å². The van der Waals surface area contributed by atoms with Crippen LogP contribution in [0.15, 0.2) is 12.1 Å². The summed E-state index contributed by atoms with van der Waals surface area (Å²) in [6.07, 6.45) is 0.167. The highest BCUT2D eigenvalue weighted by atomic mass is 32.2. The molecule has 0 radical (unpaired) electrons. The molecule has 0 spiro atoms. The Kier molecular flexibility index (Phi) is 4.54. The van der Waals surface area contributed by atoms with Gasteiger partial charge < -0.3 is 9.84 Å². The van der Waals surface area contributed by atoms with Crippen molar-refractivity contribution in [1.29, 1.82) is 0 Å².